The van der Waals surface area contributed by atoms with Gasteiger partial charge in [-0.25, -0.2) is 4.79 Å². The van der Waals surface area contributed by atoms with Crippen molar-refractivity contribution in [3.8, 4) is 0 Å². The molecule has 3 nitrogen and oxygen atoms in total. The molecular formula is C14H20O3. The van der Waals surface area contributed by atoms with Crippen molar-refractivity contribution >= 4 is 11.8 Å². The van der Waals surface area contributed by atoms with Crippen LogP contribution in [-0.4, -0.2) is 18.4 Å². The van der Waals surface area contributed by atoms with Crippen LogP contribution in [0.1, 0.15) is 34.1 Å². The molecule has 0 heterocycles. The SMILES string of the molecule is C/C=C/C(=O)OCC(=O)[C@@]1(C)CC=CC1(C)C. The molecule has 17 heavy (non-hydrogen) atoms. The van der Waals surface area contributed by atoms with Gasteiger partial charge in [-0.15, -0.1) is 0 Å². The van der Waals surface area contributed by atoms with Crippen LogP contribution < -0.4 is 0 Å². The first-order chi connectivity index (χ1) is 7.83. The van der Waals surface area contributed by atoms with Crippen molar-refractivity contribution in [3.05, 3.63) is 24.3 Å². The molecule has 0 saturated heterocycles. The highest BCUT2D eigenvalue weighted by molar-refractivity contribution is 5.90. The van der Waals surface area contributed by atoms with Crippen molar-refractivity contribution in [1.82, 2.24) is 0 Å². The minimum Gasteiger partial charge on any atom is -0.455 e. The zero-order chi connectivity index (χ0) is 13.1. The van der Waals surface area contributed by atoms with Crippen LogP contribution in [0.5, 0.6) is 0 Å². The van der Waals surface area contributed by atoms with Crippen molar-refractivity contribution in [2.45, 2.75) is 34.1 Å². The summed E-state index contributed by atoms with van der Waals surface area (Å²) in [5.74, 6) is -0.487. The maximum absolute atomic E-state index is 12.2. The van der Waals surface area contributed by atoms with E-state index in [1.165, 1.54) is 6.08 Å². The van der Waals surface area contributed by atoms with Gasteiger partial charge < -0.3 is 4.74 Å². The topological polar surface area (TPSA) is 43.4 Å². The van der Waals surface area contributed by atoms with Crippen LogP contribution in [0.2, 0.25) is 0 Å². The Labute approximate surface area is 103 Å². The van der Waals surface area contributed by atoms with Crippen LogP contribution >= 0.6 is 0 Å². The molecule has 0 aromatic carbocycles. The number of rotatable bonds is 4. The van der Waals surface area contributed by atoms with E-state index >= 15 is 0 Å². The molecule has 1 atom stereocenters. The summed E-state index contributed by atoms with van der Waals surface area (Å²) in [6.07, 6.45) is 7.69. The largest absolute Gasteiger partial charge is 0.455 e. The minimum absolute atomic E-state index is 0.0228. The highest BCUT2D eigenvalue weighted by Gasteiger charge is 2.47. The number of esters is 1. The Hall–Kier alpha value is -1.38. The van der Waals surface area contributed by atoms with E-state index in [1.54, 1.807) is 13.0 Å². The maximum atomic E-state index is 12.2. The maximum Gasteiger partial charge on any atom is 0.330 e. The second-order valence-electron chi connectivity index (χ2n) is 5.19. The fourth-order valence-electron chi connectivity index (χ4n) is 1.99. The van der Waals surface area contributed by atoms with Gasteiger partial charge in [-0.3, -0.25) is 4.79 Å². The number of carbonyl (C=O) groups is 2. The molecule has 0 unspecified atom stereocenters. The van der Waals surface area contributed by atoms with E-state index in [-0.39, 0.29) is 17.8 Å². The number of ketones is 1. The summed E-state index contributed by atoms with van der Waals surface area (Å²) < 4.78 is 4.91. The normalized spacial score (nSPS) is 26.4. The standard InChI is InChI=1S/C14H20O3/c1-5-7-12(16)17-10-11(15)14(4)9-6-8-13(14,2)3/h5-8H,9-10H2,1-4H3/b7-5+/t14-/m1/s1. The zero-order valence-corrected chi connectivity index (χ0v) is 10.9. The van der Waals surface area contributed by atoms with Crippen LogP contribution in [-0.2, 0) is 14.3 Å². The van der Waals surface area contributed by atoms with E-state index in [4.69, 9.17) is 4.74 Å². The van der Waals surface area contributed by atoms with Gasteiger partial charge in [0, 0.05) is 11.5 Å². The number of allylic oxidation sites excluding steroid dienone is 3. The van der Waals surface area contributed by atoms with Crippen LogP contribution in [0, 0.1) is 10.8 Å². The molecule has 0 amide bonds. The van der Waals surface area contributed by atoms with E-state index < -0.39 is 11.4 Å². The van der Waals surface area contributed by atoms with Gasteiger partial charge in [0.05, 0.1) is 0 Å². The van der Waals surface area contributed by atoms with Crippen molar-refractivity contribution in [1.29, 1.82) is 0 Å². The molecule has 0 radical (unpaired) electrons. The van der Waals surface area contributed by atoms with E-state index in [0.29, 0.717) is 6.42 Å². The molecule has 0 fully saturated rings. The smallest absolute Gasteiger partial charge is 0.330 e. The molecule has 1 aliphatic carbocycles. The first-order valence-corrected chi connectivity index (χ1v) is 5.84. The summed E-state index contributed by atoms with van der Waals surface area (Å²) in [5, 5.41) is 0. The number of carbonyl (C=O) groups excluding carboxylic acids is 2. The lowest BCUT2D eigenvalue weighted by atomic mass is 9.66. The van der Waals surface area contributed by atoms with Crippen molar-refractivity contribution < 1.29 is 14.3 Å². The quantitative estimate of drug-likeness (QED) is 0.428. The lowest BCUT2D eigenvalue weighted by Crippen LogP contribution is -2.40. The second kappa shape index (κ2) is 4.86. The summed E-state index contributed by atoms with van der Waals surface area (Å²) in [7, 11) is 0. The number of ether oxygens (including phenoxy) is 1. The average Bonchev–Trinajstić information content (AvgIpc) is 2.51. The van der Waals surface area contributed by atoms with Crippen LogP contribution in [0.15, 0.2) is 24.3 Å². The van der Waals surface area contributed by atoms with Gasteiger partial charge in [0.1, 0.15) is 0 Å². The Bertz CT molecular complexity index is 377. The number of Topliss-reactive ketones (excluding diaryl/α,β-unsaturated/α-hetero) is 1. The van der Waals surface area contributed by atoms with Gasteiger partial charge in [0.2, 0.25) is 0 Å². The van der Waals surface area contributed by atoms with E-state index in [0.717, 1.165) is 0 Å². The van der Waals surface area contributed by atoms with E-state index in [2.05, 4.69) is 6.08 Å². The molecule has 1 rings (SSSR count). The van der Waals surface area contributed by atoms with Gasteiger partial charge in [-0.05, 0) is 18.8 Å². The fourth-order valence-corrected chi connectivity index (χ4v) is 1.99. The third-order valence-corrected chi connectivity index (χ3v) is 3.75. The van der Waals surface area contributed by atoms with Crippen molar-refractivity contribution in [2.75, 3.05) is 6.61 Å². The molecule has 0 bridgehead atoms. The van der Waals surface area contributed by atoms with Gasteiger partial charge >= 0.3 is 5.97 Å². The summed E-state index contributed by atoms with van der Waals surface area (Å²) in [6.45, 7) is 7.57. The Morgan fingerprint density at radius 1 is 1.35 bits per heavy atom. The molecule has 0 spiro atoms. The molecule has 0 aromatic rings. The van der Waals surface area contributed by atoms with Gasteiger partial charge in [-0.2, -0.15) is 0 Å². The Morgan fingerprint density at radius 3 is 2.47 bits per heavy atom. The Morgan fingerprint density at radius 2 is 2.00 bits per heavy atom. The number of hydrogen-bond acceptors (Lipinski definition) is 3. The highest BCUT2D eigenvalue weighted by Crippen LogP contribution is 2.48. The first-order valence-electron chi connectivity index (χ1n) is 5.84. The average molecular weight is 236 g/mol. The van der Waals surface area contributed by atoms with Crippen LogP contribution in [0.25, 0.3) is 0 Å². The first kappa shape index (κ1) is 13.7. The van der Waals surface area contributed by atoms with Crippen LogP contribution in [0.4, 0.5) is 0 Å². The van der Waals surface area contributed by atoms with Gasteiger partial charge in [-0.1, -0.05) is 39.0 Å². The van der Waals surface area contributed by atoms with Crippen LogP contribution in [0.3, 0.4) is 0 Å². The van der Waals surface area contributed by atoms with Gasteiger partial charge in [0.15, 0.2) is 12.4 Å². The monoisotopic (exact) mass is 236 g/mol. The molecule has 3 heteroatoms. The lowest BCUT2D eigenvalue weighted by molar-refractivity contribution is -0.148. The summed E-state index contributed by atoms with van der Waals surface area (Å²) >= 11 is 0. The zero-order valence-electron chi connectivity index (χ0n) is 10.9. The van der Waals surface area contributed by atoms with Gasteiger partial charge in [0.25, 0.3) is 0 Å². The second-order valence-corrected chi connectivity index (χ2v) is 5.19. The summed E-state index contributed by atoms with van der Waals surface area (Å²) in [5.41, 5.74) is -0.652. The minimum atomic E-state index is -0.469. The fraction of sp³-hybridized carbons (Fsp3) is 0.571. The molecule has 0 aliphatic heterocycles. The summed E-state index contributed by atoms with van der Waals surface area (Å²) in [4.78, 5) is 23.3. The Kier molecular flexibility index (Phi) is 3.91. The van der Waals surface area contributed by atoms with Crippen molar-refractivity contribution in [3.63, 3.8) is 0 Å². The third-order valence-electron chi connectivity index (χ3n) is 3.75. The molecule has 1 aliphatic rings. The van der Waals surface area contributed by atoms with Crippen molar-refractivity contribution in [2.24, 2.45) is 10.8 Å². The highest BCUT2D eigenvalue weighted by atomic mass is 16.5. The lowest BCUT2D eigenvalue weighted by Gasteiger charge is -2.36. The number of hydrogen-bond donors (Lipinski definition) is 0. The molecule has 0 N–H and O–H groups in total. The predicted molar refractivity (Wildman–Crippen MR) is 66.4 cm³/mol. The summed E-state index contributed by atoms with van der Waals surface area (Å²) in [6, 6.07) is 0. The van der Waals surface area contributed by atoms with E-state index in [9.17, 15) is 9.59 Å². The third kappa shape index (κ3) is 2.65. The molecule has 94 valence electrons. The van der Waals surface area contributed by atoms with E-state index in [1.807, 2.05) is 26.8 Å². The molecule has 0 aromatic heterocycles. The molecular weight excluding hydrogens is 216 g/mol. The predicted octanol–water partition coefficient (Wildman–Crippen LogP) is 2.67. The Balaban J connectivity index is 2.63. The molecule has 0 saturated carbocycles.